The molecule has 4 rings (SSSR count). The molecule has 0 saturated heterocycles. The largest absolute Gasteiger partial charge is 0.395 e. The molecule has 3 N–H and O–H groups in total. The highest BCUT2D eigenvalue weighted by atomic mass is 19.1. The molecule has 0 bridgehead atoms. The average molecular weight is 424 g/mol. The van der Waals surface area contributed by atoms with Crippen LogP contribution in [-0.4, -0.2) is 43.7 Å². The molecule has 1 aromatic carbocycles. The fourth-order valence-corrected chi connectivity index (χ4v) is 2.99. The summed E-state index contributed by atoms with van der Waals surface area (Å²) in [5.74, 6) is -1.60. The quantitative estimate of drug-likeness (QED) is 0.394. The summed E-state index contributed by atoms with van der Waals surface area (Å²) in [6.07, 6.45) is 1.36. The highest BCUT2D eigenvalue weighted by Crippen LogP contribution is 2.22. The number of amides is 1. The molecule has 0 fully saturated rings. The maximum atomic E-state index is 14.1. The second-order valence-electron chi connectivity index (χ2n) is 6.62. The Morgan fingerprint density at radius 1 is 1.13 bits per heavy atom. The number of benzene rings is 1. The predicted octanol–water partition coefficient (Wildman–Crippen LogP) is 2.40. The minimum atomic E-state index is -0.756. The van der Waals surface area contributed by atoms with Gasteiger partial charge in [0, 0.05) is 24.7 Å². The topological polar surface area (TPSA) is 104 Å². The van der Waals surface area contributed by atoms with Gasteiger partial charge in [0.15, 0.2) is 11.3 Å². The zero-order chi connectivity index (χ0) is 21.8. The molecule has 0 saturated carbocycles. The number of fused-ring (bicyclic) bond motifs is 1. The number of aromatic nitrogens is 4. The Balaban J connectivity index is 1.59. The molecule has 31 heavy (non-hydrogen) atoms. The summed E-state index contributed by atoms with van der Waals surface area (Å²) in [4.78, 5) is 21.3. The number of halogens is 2. The first-order valence-corrected chi connectivity index (χ1v) is 9.44. The summed E-state index contributed by atoms with van der Waals surface area (Å²) in [5, 5.41) is 18.8. The summed E-state index contributed by atoms with van der Waals surface area (Å²) in [6, 6.07) is 11.5. The lowest BCUT2D eigenvalue weighted by Crippen LogP contribution is -2.19. The summed E-state index contributed by atoms with van der Waals surface area (Å²) in [5.41, 5.74) is 1.55. The molecule has 158 valence electrons. The van der Waals surface area contributed by atoms with Crippen molar-refractivity contribution in [1.82, 2.24) is 24.9 Å². The van der Waals surface area contributed by atoms with Gasteiger partial charge in [-0.15, -0.1) is 0 Å². The predicted molar refractivity (Wildman–Crippen MR) is 109 cm³/mol. The van der Waals surface area contributed by atoms with Gasteiger partial charge in [-0.3, -0.25) is 4.79 Å². The smallest absolute Gasteiger partial charge is 0.277 e. The van der Waals surface area contributed by atoms with Gasteiger partial charge in [-0.05, 0) is 36.4 Å². The van der Waals surface area contributed by atoms with Crippen molar-refractivity contribution in [3.8, 4) is 11.3 Å². The van der Waals surface area contributed by atoms with E-state index in [1.54, 1.807) is 30.3 Å². The van der Waals surface area contributed by atoms with E-state index >= 15 is 0 Å². The Kier molecular flexibility index (Phi) is 5.92. The van der Waals surface area contributed by atoms with E-state index in [4.69, 9.17) is 5.11 Å². The minimum absolute atomic E-state index is 0.0154. The minimum Gasteiger partial charge on any atom is -0.395 e. The van der Waals surface area contributed by atoms with Crippen LogP contribution in [0.5, 0.6) is 0 Å². The summed E-state index contributed by atoms with van der Waals surface area (Å²) >= 11 is 0. The van der Waals surface area contributed by atoms with Crippen LogP contribution in [-0.2, 0) is 6.54 Å². The zero-order valence-electron chi connectivity index (χ0n) is 16.2. The third kappa shape index (κ3) is 4.55. The van der Waals surface area contributed by atoms with Gasteiger partial charge in [0.25, 0.3) is 5.91 Å². The van der Waals surface area contributed by atoms with Gasteiger partial charge >= 0.3 is 0 Å². The van der Waals surface area contributed by atoms with Crippen molar-refractivity contribution in [2.24, 2.45) is 0 Å². The monoisotopic (exact) mass is 424 g/mol. The number of pyridine rings is 1. The fraction of sp³-hybridized carbons (Fsp3) is 0.143. The van der Waals surface area contributed by atoms with Crippen LogP contribution in [0.2, 0.25) is 0 Å². The molecule has 10 heteroatoms. The molecule has 0 radical (unpaired) electrons. The number of rotatable bonds is 7. The van der Waals surface area contributed by atoms with Crippen molar-refractivity contribution >= 4 is 17.4 Å². The SMILES string of the molecule is O=C(Nc1cccc(CNCCO)n1)c1cnc2ccc(-c3ccc(F)cc3F)nn12. The average Bonchev–Trinajstić information content (AvgIpc) is 3.18. The van der Waals surface area contributed by atoms with Crippen LogP contribution in [0.1, 0.15) is 16.2 Å². The highest BCUT2D eigenvalue weighted by Gasteiger charge is 2.16. The summed E-state index contributed by atoms with van der Waals surface area (Å²) in [6.45, 7) is 0.887. The van der Waals surface area contributed by atoms with Crippen molar-refractivity contribution in [2.45, 2.75) is 6.54 Å². The maximum Gasteiger partial charge on any atom is 0.277 e. The van der Waals surface area contributed by atoms with E-state index in [1.807, 2.05) is 0 Å². The van der Waals surface area contributed by atoms with Crippen LogP contribution < -0.4 is 10.6 Å². The Labute approximate surface area is 175 Å². The van der Waals surface area contributed by atoms with Gasteiger partial charge in [0.05, 0.1) is 24.2 Å². The number of aliphatic hydroxyl groups is 1. The second-order valence-corrected chi connectivity index (χ2v) is 6.62. The Morgan fingerprint density at radius 2 is 2.00 bits per heavy atom. The first-order chi connectivity index (χ1) is 15.0. The number of aliphatic hydroxyl groups excluding tert-OH is 1. The van der Waals surface area contributed by atoms with Gasteiger partial charge in [-0.25, -0.2) is 23.3 Å². The number of imidazole rings is 1. The van der Waals surface area contributed by atoms with Gasteiger partial charge in [-0.1, -0.05) is 6.07 Å². The Hall–Kier alpha value is -3.76. The Bertz CT molecular complexity index is 1240. The van der Waals surface area contributed by atoms with E-state index in [1.165, 1.54) is 16.8 Å². The third-order valence-electron chi connectivity index (χ3n) is 4.45. The molecular weight excluding hydrogens is 406 g/mol. The number of hydrogen-bond acceptors (Lipinski definition) is 6. The first-order valence-electron chi connectivity index (χ1n) is 9.44. The lowest BCUT2D eigenvalue weighted by Gasteiger charge is -2.08. The summed E-state index contributed by atoms with van der Waals surface area (Å²) in [7, 11) is 0. The van der Waals surface area contributed by atoms with E-state index in [0.29, 0.717) is 30.2 Å². The van der Waals surface area contributed by atoms with Crippen molar-refractivity contribution in [3.63, 3.8) is 0 Å². The van der Waals surface area contributed by atoms with Gasteiger partial charge in [-0.2, -0.15) is 5.10 Å². The van der Waals surface area contributed by atoms with Crippen LogP contribution in [0.15, 0.2) is 54.7 Å². The number of hydrogen-bond donors (Lipinski definition) is 3. The van der Waals surface area contributed by atoms with E-state index < -0.39 is 17.5 Å². The van der Waals surface area contributed by atoms with Gasteiger partial charge < -0.3 is 15.7 Å². The second kappa shape index (κ2) is 8.94. The van der Waals surface area contributed by atoms with E-state index in [0.717, 1.165) is 12.1 Å². The molecule has 0 atom stereocenters. The molecular formula is C21H18F2N6O2. The first kappa shape index (κ1) is 20.5. The molecule has 3 aromatic heterocycles. The number of anilines is 1. The van der Waals surface area contributed by atoms with E-state index in [2.05, 4.69) is 25.7 Å². The molecule has 0 aliphatic rings. The van der Waals surface area contributed by atoms with Crippen molar-refractivity contribution in [3.05, 3.63) is 77.8 Å². The molecule has 0 unspecified atom stereocenters. The highest BCUT2D eigenvalue weighted by molar-refractivity contribution is 6.02. The van der Waals surface area contributed by atoms with Gasteiger partial charge in [0.1, 0.15) is 17.5 Å². The third-order valence-corrected chi connectivity index (χ3v) is 4.45. The van der Waals surface area contributed by atoms with Gasteiger partial charge in [0.2, 0.25) is 0 Å². The molecule has 0 aliphatic heterocycles. The van der Waals surface area contributed by atoms with Crippen molar-refractivity contribution in [2.75, 3.05) is 18.5 Å². The standard InChI is InChI=1S/C21H18F2N6O2/c22-13-4-5-15(16(23)10-13)17-6-7-20-25-12-18(29(20)28-17)21(31)27-19-3-1-2-14(26-19)11-24-8-9-30/h1-7,10,12,24,30H,8-9,11H2,(H,26,27,31). The van der Waals surface area contributed by atoms with Crippen LogP contribution >= 0.6 is 0 Å². The number of nitrogens with one attached hydrogen (secondary N) is 2. The zero-order valence-corrected chi connectivity index (χ0v) is 16.2. The van der Waals surface area contributed by atoms with Crippen LogP contribution in [0.3, 0.4) is 0 Å². The Morgan fingerprint density at radius 3 is 2.81 bits per heavy atom. The normalized spacial score (nSPS) is 11.1. The number of nitrogens with zero attached hydrogens (tertiary/aromatic N) is 4. The molecule has 4 aromatic rings. The summed E-state index contributed by atoms with van der Waals surface area (Å²) < 4.78 is 28.6. The fourth-order valence-electron chi connectivity index (χ4n) is 2.99. The van der Waals surface area contributed by atoms with E-state index in [9.17, 15) is 13.6 Å². The maximum absolute atomic E-state index is 14.1. The van der Waals surface area contributed by atoms with E-state index in [-0.39, 0.29) is 23.6 Å². The number of carbonyl (C=O) groups is 1. The number of carbonyl (C=O) groups excluding carboxylic acids is 1. The van der Waals surface area contributed by atoms with Crippen LogP contribution in [0, 0.1) is 11.6 Å². The molecule has 3 heterocycles. The lowest BCUT2D eigenvalue weighted by atomic mass is 10.1. The van der Waals surface area contributed by atoms with Crippen molar-refractivity contribution in [1.29, 1.82) is 0 Å². The van der Waals surface area contributed by atoms with Crippen molar-refractivity contribution < 1.29 is 18.7 Å². The molecule has 1 amide bonds. The van der Waals surface area contributed by atoms with Crippen LogP contribution in [0.4, 0.5) is 14.6 Å². The molecule has 0 aliphatic carbocycles. The van der Waals surface area contributed by atoms with Crippen LogP contribution in [0.25, 0.3) is 16.9 Å². The lowest BCUT2D eigenvalue weighted by molar-refractivity contribution is 0.102. The molecule has 8 nitrogen and oxygen atoms in total. The molecule has 0 spiro atoms.